The van der Waals surface area contributed by atoms with Crippen molar-refractivity contribution in [3.05, 3.63) is 81.1 Å². The molecule has 0 spiro atoms. The Morgan fingerprint density at radius 2 is 1.58 bits per heavy atom. The molecule has 0 unspecified atom stereocenters. The highest BCUT2D eigenvalue weighted by molar-refractivity contribution is 5.95. The van der Waals surface area contributed by atoms with Gasteiger partial charge in [-0.3, -0.25) is 13.9 Å². The van der Waals surface area contributed by atoms with Crippen LogP contribution in [0.4, 0.5) is 5.69 Å². The molecule has 160 valence electrons. The highest BCUT2D eigenvalue weighted by Crippen LogP contribution is 2.32. The molecule has 0 bridgehead atoms. The fourth-order valence-electron chi connectivity index (χ4n) is 4.23. The number of fused-ring (bicyclic) bond motifs is 1. The van der Waals surface area contributed by atoms with E-state index in [9.17, 15) is 9.59 Å². The molecule has 31 heavy (non-hydrogen) atoms. The second-order valence-electron chi connectivity index (χ2n) is 7.87. The van der Waals surface area contributed by atoms with E-state index in [1.807, 2.05) is 35.9 Å². The van der Waals surface area contributed by atoms with Gasteiger partial charge in [0.2, 0.25) is 0 Å². The van der Waals surface area contributed by atoms with Crippen molar-refractivity contribution in [1.82, 2.24) is 13.7 Å². The third-order valence-corrected chi connectivity index (χ3v) is 5.99. The molecule has 0 aliphatic heterocycles. The summed E-state index contributed by atoms with van der Waals surface area (Å²) in [7, 11) is 3.23. The predicted molar refractivity (Wildman–Crippen MR) is 127 cm³/mol. The molecule has 0 amide bonds. The van der Waals surface area contributed by atoms with Crippen LogP contribution in [-0.2, 0) is 14.1 Å². The van der Waals surface area contributed by atoms with Gasteiger partial charge in [0.25, 0.3) is 5.56 Å². The number of anilines is 1. The van der Waals surface area contributed by atoms with E-state index in [1.165, 1.54) is 16.2 Å². The molecule has 0 aliphatic carbocycles. The van der Waals surface area contributed by atoms with E-state index in [0.29, 0.717) is 10.9 Å². The molecule has 0 atom stereocenters. The van der Waals surface area contributed by atoms with Crippen molar-refractivity contribution in [2.45, 2.75) is 20.8 Å². The Morgan fingerprint density at radius 3 is 2.19 bits per heavy atom. The second-order valence-corrected chi connectivity index (χ2v) is 7.87. The molecule has 4 aromatic rings. The van der Waals surface area contributed by atoms with Crippen LogP contribution in [0.25, 0.3) is 27.8 Å². The zero-order valence-corrected chi connectivity index (χ0v) is 18.7. The summed E-state index contributed by atoms with van der Waals surface area (Å²) < 4.78 is 4.73. The van der Waals surface area contributed by atoms with E-state index in [-0.39, 0.29) is 11.2 Å². The van der Waals surface area contributed by atoms with E-state index in [0.717, 1.165) is 41.3 Å². The first-order valence-electron chi connectivity index (χ1n) is 10.6. The van der Waals surface area contributed by atoms with E-state index in [4.69, 9.17) is 0 Å². The van der Waals surface area contributed by atoms with Crippen LogP contribution in [0.2, 0.25) is 0 Å². The topological polar surface area (TPSA) is 52.2 Å². The third-order valence-electron chi connectivity index (χ3n) is 5.99. The van der Waals surface area contributed by atoms with Crippen LogP contribution in [0.3, 0.4) is 0 Å². The molecule has 0 radical (unpaired) electrons. The van der Waals surface area contributed by atoms with Gasteiger partial charge >= 0.3 is 5.69 Å². The molecular weight excluding hydrogens is 388 g/mol. The van der Waals surface area contributed by atoms with Gasteiger partial charge in [-0.05, 0) is 56.7 Å². The van der Waals surface area contributed by atoms with E-state index in [1.54, 1.807) is 7.05 Å². The molecule has 2 heterocycles. The lowest BCUT2D eigenvalue weighted by Gasteiger charge is -2.21. The van der Waals surface area contributed by atoms with Gasteiger partial charge in [0.1, 0.15) is 0 Å². The average Bonchev–Trinajstić information content (AvgIpc) is 3.18. The minimum atomic E-state index is -0.331. The monoisotopic (exact) mass is 416 g/mol. The highest BCUT2D eigenvalue weighted by atomic mass is 16.2. The summed E-state index contributed by atoms with van der Waals surface area (Å²) in [5.41, 5.74) is 4.96. The van der Waals surface area contributed by atoms with Gasteiger partial charge in [-0.15, -0.1) is 0 Å². The summed E-state index contributed by atoms with van der Waals surface area (Å²) in [5, 5.41) is 0.544. The second kappa shape index (κ2) is 7.95. The van der Waals surface area contributed by atoms with E-state index < -0.39 is 0 Å². The molecule has 6 nitrogen and oxygen atoms in total. The van der Waals surface area contributed by atoms with Gasteiger partial charge in [0.05, 0.1) is 16.6 Å². The molecule has 6 heteroatoms. The van der Waals surface area contributed by atoms with Crippen molar-refractivity contribution < 1.29 is 0 Å². The maximum absolute atomic E-state index is 13.2. The van der Waals surface area contributed by atoms with Gasteiger partial charge in [0, 0.05) is 44.8 Å². The number of hydrogen-bond acceptors (Lipinski definition) is 3. The number of aryl methyl sites for hydroxylation is 2. The molecule has 0 fully saturated rings. The molecule has 0 N–H and O–H groups in total. The molecule has 0 saturated heterocycles. The maximum Gasteiger partial charge on any atom is 0.330 e. The van der Waals surface area contributed by atoms with Gasteiger partial charge in [0.15, 0.2) is 0 Å². The zero-order valence-electron chi connectivity index (χ0n) is 18.7. The van der Waals surface area contributed by atoms with Crippen LogP contribution in [0.5, 0.6) is 0 Å². The number of nitrogens with zero attached hydrogens (tertiary/aromatic N) is 4. The third kappa shape index (κ3) is 3.38. The number of hydrogen-bond donors (Lipinski definition) is 0. The fraction of sp³-hybridized carbons (Fsp3) is 0.280. The number of benzene rings is 2. The van der Waals surface area contributed by atoms with Gasteiger partial charge in [-0.25, -0.2) is 4.79 Å². The largest absolute Gasteiger partial charge is 0.372 e. The van der Waals surface area contributed by atoms with Crippen molar-refractivity contribution in [2.75, 3.05) is 18.0 Å². The van der Waals surface area contributed by atoms with Gasteiger partial charge in [-0.2, -0.15) is 0 Å². The summed E-state index contributed by atoms with van der Waals surface area (Å²) in [4.78, 5) is 28.0. The van der Waals surface area contributed by atoms with Crippen molar-refractivity contribution in [3.8, 4) is 16.9 Å². The molecule has 0 saturated carbocycles. The van der Waals surface area contributed by atoms with Crippen molar-refractivity contribution in [1.29, 1.82) is 0 Å². The Balaban J connectivity index is 2.05. The lowest BCUT2D eigenvalue weighted by atomic mass is 10.1. The SMILES string of the molecule is CCN(CC)c1ccc(-n2cc3c(c2-c2cccc(C)c2)c(=O)n(C)c(=O)n3C)cc1. The summed E-state index contributed by atoms with van der Waals surface area (Å²) in [6, 6.07) is 16.4. The van der Waals surface area contributed by atoms with Crippen molar-refractivity contribution in [2.24, 2.45) is 14.1 Å². The van der Waals surface area contributed by atoms with Crippen molar-refractivity contribution >= 4 is 16.6 Å². The number of rotatable bonds is 5. The van der Waals surface area contributed by atoms with Crippen molar-refractivity contribution in [3.63, 3.8) is 0 Å². The van der Waals surface area contributed by atoms with Crippen LogP contribution in [0.15, 0.2) is 64.3 Å². The Morgan fingerprint density at radius 1 is 0.903 bits per heavy atom. The van der Waals surface area contributed by atoms with Crippen LogP contribution in [0.1, 0.15) is 19.4 Å². The van der Waals surface area contributed by atoms with Crippen LogP contribution in [-0.4, -0.2) is 26.8 Å². The lowest BCUT2D eigenvalue weighted by molar-refractivity contribution is 0.714. The van der Waals surface area contributed by atoms with Crippen LogP contribution in [0, 0.1) is 6.92 Å². The quantitative estimate of drug-likeness (QED) is 0.497. The van der Waals surface area contributed by atoms with E-state index in [2.05, 4.69) is 49.1 Å². The van der Waals surface area contributed by atoms with Crippen LogP contribution < -0.4 is 16.1 Å². The Hall–Kier alpha value is -3.54. The summed E-state index contributed by atoms with van der Waals surface area (Å²) in [6.45, 7) is 8.20. The first-order valence-corrected chi connectivity index (χ1v) is 10.6. The Labute approximate surface area is 181 Å². The zero-order chi connectivity index (χ0) is 22.3. The Kier molecular flexibility index (Phi) is 5.31. The normalized spacial score (nSPS) is 11.3. The standard InChI is InChI=1S/C25H28N4O2/c1-6-28(7-2)19-11-13-20(14-12-19)29-16-21-22(24(30)27(5)25(31)26(21)4)23(29)18-10-8-9-17(3)15-18/h8-16H,6-7H2,1-5H3. The summed E-state index contributed by atoms with van der Waals surface area (Å²) >= 11 is 0. The predicted octanol–water partition coefficient (Wildman–Crippen LogP) is 3.85. The number of aromatic nitrogens is 3. The van der Waals surface area contributed by atoms with Gasteiger partial charge in [-0.1, -0.05) is 23.8 Å². The fourth-order valence-corrected chi connectivity index (χ4v) is 4.23. The minimum absolute atomic E-state index is 0.284. The minimum Gasteiger partial charge on any atom is -0.372 e. The maximum atomic E-state index is 13.2. The van der Waals surface area contributed by atoms with Crippen LogP contribution >= 0.6 is 0 Å². The molecule has 4 rings (SSSR count). The first-order chi connectivity index (χ1) is 14.9. The molecule has 2 aromatic heterocycles. The van der Waals surface area contributed by atoms with Gasteiger partial charge < -0.3 is 9.47 Å². The first kappa shape index (κ1) is 20.7. The summed E-state index contributed by atoms with van der Waals surface area (Å²) in [5.74, 6) is 0. The lowest BCUT2D eigenvalue weighted by Crippen LogP contribution is -2.36. The average molecular weight is 417 g/mol. The molecule has 0 aliphatic rings. The van der Waals surface area contributed by atoms with E-state index >= 15 is 0 Å². The Bertz CT molecular complexity index is 1370. The highest BCUT2D eigenvalue weighted by Gasteiger charge is 2.20. The molecule has 2 aromatic carbocycles. The summed E-state index contributed by atoms with van der Waals surface area (Å²) in [6.07, 6.45) is 1.89. The molecular formula is C25H28N4O2. The smallest absolute Gasteiger partial charge is 0.330 e.